The molecule has 0 unspecified atom stereocenters. The average molecular weight is 300 g/mol. The minimum absolute atomic E-state index is 0.124. The number of hydrogen-bond acceptors (Lipinski definition) is 2. The molecule has 3 nitrogen and oxygen atoms in total. The number of benzene rings is 1. The van der Waals surface area contributed by atoms with Crippen LogP contribution >= 0.6 is 11.3 Å². The van der Waals surface area contributed by atoms with E-state index in [1.165, 1.54) is 5.56 Å². The molecule has 0 saturated heterocycles. The maximum Gasteiger partial charge on any atom is 0.315 e. The van der Waals surface area contributed by atoms with Crippen molar-refractivity contribution in [2.45, 2.75) is 19.4 Å². The number of hydrogen-bond donors (Lipinski definition) is 2. The molecule has 1 atom stereocenters. The van der Waals surface area contributed by atoms with Crippen LogP contribution in [0.3, 0.4) is 0 Å². The van der Waals surface area contributed by atoms with Crippen molar-refractivity contribution in [2.24, 2.45) is 0 Å². The zero-order chi connectivity index (χ0) is 15.1. The summed E-state index contributed by atoms with van der Waals surface area (Å²) >= 11 is 1.64. The third-order valence-electron chi connectivity index (χ3n) is 3.23. The number of aryl methyl sites for hydroxylation is 1. The molecule has 2 amide bonds. The maximum atomic E-state index is 11.9. The van der Waals surface area contributed by atoms with E-state index < -0.39 is 0 Å². The van der Waals surface area contributed by atoms with E-state index in [4.69, 9.17) is 0 Å². The topological polar surface area (TPSA) is 41.1 Å². The molecule has 1 heterocycles. The summed E-state index contributed by atoms with van der Waals surface area (Å²) < 4.78 is 0. The van der Waals surface area contributed by atoms with Gasteiger partial charge in [-0.25, -0.2) is 4.79 Å². The second kappa shape index (κ2) is 7.64. The Kier molecular flexibility index (Phi) is 5.58. The molecule has 1 aromatic heterocycles. The molecule has 2 N–H and O–H groups in total. The van der Waals surface area contributed by atoms with E-state index in [0.717, 1.165) is 16.9 Å². The number of thiophene rings is 1. The predicted molar refractivity (Wildman–Crippen MR) is 88.7 cm³/mol. The molecule has 0 aliphatic carbocycles. The molecule has 21 heavy (non-hydrogen) atoms. The molecule has 0 bridgehead atoms. The maximum absolute atomic E-state index is 11.9. The minimum Gasteiger partial charge on any atom is -0.335 e. The lowest BCUT2D eigenvalue weighted by Gasteiger charge is -2.18. The first-order valence-electron chi connectivity index (χ1n) is 7.02. The molecule has 4 heteroatoms. The van der Waals surface area contributed by atoms with Crippen LogP contribution in [-0.4, -0.2) is 12.6 Å². The van der Waals surface area contributed by atoms with Gasteiger partial charge in [0, 0.05) is 11.4 Å². The molecular formula is C17H20N2OS. The summed E-state index contributed by atoms with van der Waals surface area (Å²) in [6, 6.07) is 12.1. The third kappa shape index (κ3) is 4.20. The van der Waals surface area contributed by atoms with Crippen LogP contribution in [0.5, 0.6) is 0 Å². The van der Waals surface area contributed by atoms with Crippen molar-refractivity contribution in [1.29, 1.82) is 0 Å². The van der Waals surface area contributed by atoms with E-state index in [1.54, 1.807) is 17.4 Å². The van der Waals surface area contributed by atoms with E-state index in [0.29, 0.717) is 6.54 Å². The van der Waals surface area contributed by atoms with Gasteiger partial charge in [0.1, 0.15) is 0 Å². The standard InChI is InChI=1S/C17H20N2OS/c1-3-11-18-17(20)19-16(15-6-5-12-21-15)14-9-7-13(4-2)8-10-14/h3,5-10,12,16H,1,4,11H2,2H3,(H2,18,19,20)/t16-/m0/s1. The van der Waals surface area contributed by atoms with Crippen LogP contribution in [0.1, 0.15) is 29.0 Å². The summed E-state index contributed by atoms with van der Waals surface area (Å²) in [5.41, 5.74) is 2.38. The first-order valence-corrected chi connectivity index (χ1v) is 7.90. The van der Waals surface area contributed by atoms with Crippen molar-refractivity contribution >= 4 is 17.4 Å². The fourth-order valence-corrected chi connectivity index (χ4v) is 2.87. The Bertz CT molecular complexity index is 575. The number of nitrogens with one attached hydrogen (secondary N) is 2. The fraction of sp³-hybridized carbons (Fsp3) is 0.235. The minimum atomic E-state index is -0.187. The lowest BCUT2D eigenvalue weighted by atomic mass is 10.0. The first kappa shape index (κ1) is 15.3. The lowest BCUT2D eigenvalue weighted by Crippen LogP contribution is -2.38. The second-order valence-corrected chi connectivity index (χ2v) is 5.67. The molecule has 1 aromatic carbocycles. The van der Waals surface area contributed by atoms with Crippen molar-refractivity contribution < 1.29 is 4.79 Å². The van der Waals surface area contributed by atoms with Crippen molar-refractivity contribution in [1.82, 2.24) is 10.6 Å². The summed E-state index contributed by atoms with van der Waals surface area (Å²) in [6.45, 7) is 6.19. The number of rotatable bonds is 6. The predicted octanol–water partition coefficient (Wildman–Crippen LogP) is 3.89. The van der Waals surface area contributed by atoms with Crippen molar-refractivity contribution in [2.75, 3.05) is 6.54 Å². The summed E-state index contributed by atoms with van der Waals surface area (Å²) in [7, 11) is 0. The molecule has 2 aromatic rings. The first-order chi connectivity index (χ1) is 10.2. The molecule has 110 valence electrons. The Morgan fingerprint density at radius 1 is 1.33 bits per heavy atom. The number of amides is 2. The van der Waals surface area contributed by atoms with Crippen LogP contribution in [0, 0.1) is 0 Å². The van der Waals surface area contributed by atoms with Gasteiger partial charge in [0.2, 0.25) is 0 Å². The van der Waals surface area contributed by atoms with Gasteiger partial charge in [0.05, 0.1) is 6.04 Å². The summed E-state index contributed by atoms with van der Waals surface area (Å²) in [6.07, 6.45) is 2.67. The molecule has 0 radical (unpaired) electrons. The number of carbonyl (C=O) groups is 1. The molecule has 0 saturated carbocycles. The Morgan fingerprint density at radius 3 is 2.67 bits per heavy atom. The van der Waals surface area contributed by atoms with Crippen LogP contribution in [0.4, 0.5) is 4.79 Å². The number of urea groups is 1. The van der Waals surface area contributed by atoms with Crippen LogP contribution in [0.15, 0.2) is 54.4 Å². The Morgan fingerprint density at radius 2 is 2.10 bits per heavy atom. The van der Waals surface area contributed by atoms with Crippen LogP contribution in [0.2, 0.25) is 0 Å². The van der Waals surface area contributed by atoms with Gasteiger partial charge >= 0.3 is 6.03 Å². The van der Waals surface area contributed by atoms with E-state index in [1.807, 2.05) is 17.5 Å². The summed E-state index contributed by atoms with van der Waals surface area (Å²) in [5, 5.41) is 7.79. The summed E-state index contributed by atoms with van der Waals surface area (Å²) in [4.78, 5) is 13.1. The monoisotopic (exact) mass is 300 g/mol. The van der Waals surface area contributed by atoms with Crippen molar-refractivity contribution in [3.05, 3.63) is 70.4 Å². The normalized spacial score (nSPS) is 11.7. The third-order valence-corrected chi connectivity index (χ3v) is 4.17. The van der Waals surface area contributed by atoms with Gasteiger partial charge in [-0.15, -0.1) is 17.9 Å². The van der Waals surface area contributed by atoms with Gasteiger partial charge < -0.3 is 10.6 Å². The largest absolute Gasteiger partial charge is 0.335 e. The van der Waals surface area contributed by atoms with Crippen LogP contribution in [0.25, 0.3) is 0 Å². The highest BCUT2D eigenvalue weighted by atomic mass is 32.1. The summed E-state index contributed by atoms with van der Waals surface area (Å²) in [5.74, 6) is 0. The Labute approximate surface area is 129 Å². The van der Waals surface area contributed by atoms with E-state index in [-0.39, 0.29) is 12.1 Å². The highest BCUT2D eigenvalue weighted by Gasteiger charge is 2.17. The van der Waals surface area contributed by atoms with E-state index >= 15 is 0 Å². The molecule has 0 aliphatic rings. The quantitative estimate of drug-likeness (QED) is 0.781. The Balaban J connectivity index is 2.19. The van der Waals surface area contributed by atoms with Gasteiger partial charge in [0.15, 0.2) is 0 Å². The van der Waals surface area contributed by atoms with Gasteiger partial charge in [-0.3, -0.25) is 0 Å². The number of carbonyl (C=O) groups excluding carboxylic acids is 1. The van der Waals surface area contributed by atoms with Gasteiger partial charge in [-0.05, 0) is 29.0 Å². The zero-order valence-electron chi connectivity index (χ0n) is 12.1. The van der Waals surface area contributed by atoms with Crippen LogP contribution < -0.4 is 10.6 Å². The van der Waals surface area contributed by atoms with Gasteiger partial charge in [0.25, 0.3) is 0 Å². The van der Waals surface area contributed by atoms with Crippen molar-refractivity contribution in [3.8, 4) is 0 Å². The van der Waals surface area contributed by atoms with Gasteiger partial charge in [-0.1, -0.05) is 43.3 Å². The lowest BCUT2D eigenvalue weighted by molar-refractivity contribution is 0.240. The highest BCUT2D eigenvalue weighted by molar-refractivity contribution is 7.10. The van der Waals surface area contributed by atoms with E-state index in [2.05, 4.69) is 48.4 Å². The molecule has 0 spiro atoms. The van der Waals surface area contributed by atoms with Crippen molar-refractivity contribution in [3.63, 3.8) is 0 Å². The second-order valence-electron chi connectivity index (χ2n) is 4.69. The van der Waals surface area contributed by atoms with E-state index in [9.17, 15) is 4.79 Å². The fourth-order valence-electron chi connectivity index (χ4n) is 2.07. The van der Waals surface area contributed by atoms with Gasteiger partial charge in [-0.2, -0.15) is 0 Å². The zero-order valence-corrected chi connectivity index (χ0v) is 13.0. The Hall–Kier alpha value is -2.07. The molecule has 0 aliphatic heterocycles. The molecular weight excluding hydrogens is 280 g/mol. The molecule has 2 rings (SSSR count). The van der Waals surface area contributed by atoms with Crippen LogP contribution in [-0.2, 0) is 6.42 Å². The average Bonchev–Trinajstić information content (AvgIpc) is 3.05. The molecule has 0 fully saturated rings. The smallest absolute Gasteiger partial charge is 0.315 e. The SMILES string of the molecule is C=CCNC(=O)N[C@@H](c1ccc(CC)cc1)c1cccs1. The highest BCUT2D eigenvalue weighted by Crippen LogP contribution is 2.26.